The first kappa shape index (κ1) is 14.8. The van der Waals surface area contributed by atoms with E-state index in [0.717, 1.165) is 5.56 Å². The minimum absolute atomic E-state index is 0.235. The zero-order valence-electron chi connectivity index (χ0n) is 12.8. The smallest absolute Gasteiger partial charge is 0.347 e. The molecular formula is C18H15NO4. The lowest BCUT2D eigenvalue weighted by atomic mass is 10.1. The topological polar surface area (TPSA) is 61.6 Å². The number of ether oxygens (including phenoxy) is 2. The standard InChI is InChI=1S/C18H15NO4/c1-21-13-8-9-16(22-2)12(11-13)7-10-17-19-15-6-4-3-5-14(15)18(20)23-17/h3-11H,1-2H3. The van der Waals surface area contributed by atoms with E-state index in [1.165, 1.54) is 0 Å². The largest absolute Gasteiger partial charge is 0.497 e. The van der Waals surface area contributed by atoms with Crippen molar-refractivity contribution in [1.29, 1.82) is 0 Å². The Labute approximate surface area is 132 Å². The van der Waals surface area contributed by atoms with Crippen molar-refractivity contribution in [2.24, 2.45) is 0 Å². The number of nitrogens with zero attached hydrogens (tertiary/aromatic N) is 1. The summed E-state index contributed by atoms with van der Waals surface area (Å²) in [4.78, 5) is 16.3. The van der Waals surface area contributed by atoms with E-state index in [1.54, 1.807) is 44.6 Å². The highest BCUT2D eigenvalue weighted by Crippen LogP contribution is 2.25. The summed E-state index contributed by atoms with van der Waals surface area (Å²) in [6.07, 6.45) is 3.40. The average Bonchev–Trinajstić information content (AvgIpc) is 2.59. The maximum Gasteiger partial charge on any atom is 0.347 e. The van der Waals surface area contributed by atoms with Crippen LogP contribution in [0.2, 0.25) is 0 Å². The quantitative estimate of drug-likeness (QED) is 0.739. The number of fused-ring (bicyclic) bond motifs is 1. The highest BCUT2D eigenvalue weighted by atomic mass is 16.5. The molecule has 5 nitrogen and oxygen atoms in total. The third-order valence-electron chi connectivity index (χ3n) is 3.39. The maximum absolute atomic E-state index is 11.9. The van der Waals surface area contributed by atoms with Gasteiger partial charge in [0.15, 0.2) is 0 Å². The van der Waals surface area contributed by atoms with Crippen LogP contribution in [0.15, 0.2) is 51.7 Å². The van der Waals surface area contributed by atoms with Crippen LogP contribution in [0.5, 0.6) is 11.5 Å². The van der Waals surface area contributed by atoms with Crippen LogP contribution in [-0.2, 0) is 0 Å². The molecule has 0 saturated carbocycles. The number of hydrogen-bond acceptors (Lipinski definition) is 5. The molecule has 0 atom stereocenters. The van der Waals surface area contributed by atoms with Crippen molar-refractivity contribution < 1.29 is 13.9 Å². The van der Waals surface area contributed by atoms with E-state index in [9.17, 15) is 4.79 Å². The molecule has 0 aliphatic rings. The summed E-state index contributed by atoms with van der Waals surface area (Å²) >= 11 is 0. The van der Waals surface area contributed by atoms with Crippen LogP contribution < -0.4 is 15.1 Å². The van der Waals surface area contributed by atoms with Crippen LogP contribution in [-0.4, -0.2) is 19.2 Å². The fraction of sp³-hybridized carbons (Fsp3) is 0.111. The minimum atomic E-state index is -0.409. The molecule has 5 heteroatoms. The Morgan fingerprint density at radius 1 is 1.04 bits per heavy atom. The Morgan fingerprint density at radius 3 is 2.65 bits per heavy atom. The van der Waals surface area contributed by atoms with Crippen LogP contribution in [0.25, 0.3) is 23.1 Å². The molecule has 0 unspecified atom stereocenters. The fourth-order valence-electron chi connectivity index (χ4n) is 2.24. The molecule has 116 valence electrons. The van der Waals surface area contributed by atoms with Crippen LogP contribution >= 0.6 is 0 Å². The number of hydrogen-bond donors (Lipinski definition) is 0. The van der Waals surface area contributed by atoms with Gasteiger partial charge in [0.05, 0.1) is 25.1 Å². The van der Waals surface area contributed by atoms with Crippen molar-refractivity contribution in [2.45, 2.75) is 0 Å². The Morgan fingerprint density at radius 2 is 1.87 bits per heavy atom. The van der Waals surface area contributed by atoms with Gasteiger partial charge in [-0.3, -0.25) is 0 Å². The fourth-order valence-corrected chi connectivity index (χ4v) is 2.24. The predicted molar refractivity (Wildman–Crippen MR) is 88.8 cm³/mol. The van der Waals surface area contributed by atoms with Crippen molar-refractivity contribution >= 4 is 23.1 Å². The van der Waals surface area contributed by atoms with Gasteiger partial charge in [-0.05, 0) is 36.4 Å². The van der Waals surface area contributed by atoms with E-state index in [1.807, 2.05) is 24.3 Å². The van der Waals surface area contributed by atoms with E-state index in [2.05, 4.69) is 4.98 Å². The summed E-state index contributed by atoms with van der Waals surface area (Å²) in [7, 11) is 3.19. The average molecular weight is 309 g/mol. The molecule has 0 spiro atoms. The number of rotatable bonds is 4. The second kappa shape index (κ2) is 6.36. The monoisotopic (exact) mass is 309 g/mol. The lowest BCUT2D eigenvalue weighted by molar-refractivity contribution is 0.402. The van der Waals surface area contributed by atoms with Gasteiger partial charge < -0.3 is 13.9 Å². The second-order valence-corrected chi connectivity index (χ2v) is 4.80. The molecule has 3 rings (SSSR count). The summed E-state index contributed by atoms with van der Waals surface area (Å²) in [6.45, 7) is 0. The van der Waals surface area contributed by atoms with Crippen molar-refractivity contribution in [3.05, 3.63) is 64.3 Å². The van der Waals surface area contributed by atoms with E-state index < -0.39 is 5.63 Å². The van der Waals surface area contributed by atoms with Gasteiger partial charge in [-0.1, -0.05) is 12.1 Å². The van der Waals surface area contributed by atoms with Gasteiger partial charge in [0.2, 0.25) is 5.89 Å². The lowest BCUT2D eigenvalue weighted by Crippen LogP contribution is -2.02. The Balaban J connectivity index is 2.01. The molecule has 0 N–H and O–H groups in total. The molecule has 0 bridgehead atoms. The minimum Gasteiger partial charge on any atom is -0.497 e. The molecule has 0 aliphatic heterocycles. The van der Waals surface area contributed by atoms with Gasteiger partial charge in [0.1, 0.15) is 11.5 Å². The SMILES string of the molecule is COc1ccc(OC)c(C=Cc2nc3ccccc3c(=O)o2)c1. The first-order valence-electron chi connectivity index (χ1n) is 7.01. The Hall–Kier alpha value is -3.08. The number of para-hydroxylation sites is 1. The summed E-state index contributed by atoms with van der Waals surface area (Å²) < 4.78 is 15.7. The zero-order chi connectivity index (χ0) is 16.2. The van der Waals surface area contributed by atoms with Crippen LogP contribution in [0, 0.1) is 0 Å². The van der Waals surface area contributed by atoms with E-state index in [4.69, 9.17) is 13.9 Å². The maximum atomic E-state index is 11.9. The predicted octanol–water partition coefficient (Wildman–Crippen LogP) is 3.38. The lowest BCUT2D eigenvalue weighted by Gasteiger charge is -2.07. The highest BCUT2D eigenvalue weighted by molar-refractivity contribution is 5.78. The summed E-state index contributed by atoms with van der Waals surface area (Å²) in [5, 5.41) is 0.462. The summed E-state index contributed by atoms with van der Waals surface area (Å²) in [5.41, 5.74) is 0.985. The molecule has 1 aromatic heterocycles. The van der Waals surface area contributed by atoms with Gasteiger partial charge in [0, 0.05) is 11.6 Å². The van der Waals surface area contributed by atoms with E-state index >= 15 is 0 Å². The van der Waals surface area contributed by atoms with Crippen molar-refractivity contribution in [3.8, 4) is 11.5 Å². The van der Waals surface area contributed by atoms with E-state index in [0.29, 0.717) is 22.4 Å². The van der Waals surface area contributed by atoms with Crippen molar-refractivity contribution in [2.75, 3.05) is 14.2 Å². The first-order chi connectivity index (χ1) is 11.2. The normalized spacial score (nSPS) is 11.0. The van der Waals surface area contributed by atoms with E-state index in [-0.39, 0.29) is 5.89 Å². The Kier molecular flexibility index (Phi) is 4.10. The van der Waals surface area contributed by atoms with Crippen molar-refractivity contribution in [1.82, 2.24) is 4.98 Å². The molecule has 2 aromatic carbocycles. The molecule has 23 heavy (non-hydrogen) atoms. The highest BCUT2D eigenvalue weighted by Gasteiger charge is 2.05. The van der Waals surface area contributed by atoms with Crippen molar-refractivity contribution in [3.63, 3.8) is 0 Å². The number of aromatic nitrogens is 1. The van der Waals surface area contributed by atoms with Gasteiger partial charge in [-0.2, -0.15) is 0 Å². The zero-order valence-corrected chi connectivity index (χ0v) is 12.8. The van der Waals surface area contributed by atoms with Gasteiger partial charge in [-0.25, -0.2) is 9.78 Å². The molecule has 1 heterocycles. The third kappa shape index (κ3) is 3.08. The molecule has 0 saturated heterocycles. The number of benzene rings is 2. The molecule has 0 aliphatic carbocycles. The molecule has 0 amide bonds. The van der Waals surface area contributed by atoms with Gasteiger partial charge in [-0.15, -0.1) is 0 Å². The molecule has 0 radical (unpaired) electrons. The van der Waals surface area contributed by atoms with Crippen LogP contribution in [0.3, 0.4) is 0 Å². The van der Waals surface area contributed by atoms with Gasteiger partial charge in [0.25, 0.3) is 0 Å². The molecule has 0 fully saturated rings. The third-order valence-corrected chi connectivity index (χ3v) is 3.39. The molecule has 3 aromatic rings. The number of methoxy groups -OCH3 is 2. The molecular weight excluding hydrogens is 294 g/mol. The first-order valence-corrected chi connectivity index (χ1v) is 7.01. The van der Waals surface area contributed by atoms with Crippen LogP contribution in [0.1, 0.15) is 11.5 Å². The summed E-state index contributed by atoms with van der Waals surface area (Å²) in [5.74, 6) is 1.63. The summed E-state index contributed by atoms with van der Waals surface area (Å²) in [6, 6.07) is 12.5. The van der Waals surface area contributed by atoms with Gasteiger partial charge >= 0.3 is 5.63 Å². The Bertz CT molecular complexity index is 928. The van der Waals surface area contributed by atoms with Crippen LogP contribution in [0.4, 0.5) is 0 Å². The second-order valence-electron chi connectivity index (χ2n) is 4.80.